The molecule has 120 valence electrons. The third-order valence-electron chi connectivity index (χ3n) is 5.12. The Kier molecular flexibility index (Phi) is 5.91. The number of hydrogen-bond donors (Lipinski definition) is 0. The fraction of sp³-hybridized carbons (Fsp3) is 0.944. The summed E-state index contributed by atoms with van der Waals surface area (Å²) < 4.78 is 5.83. The highest BCUT2D eigenvalue weighted by Crippen LogP contribution is 2.49. The van der Waals surface area contributed by atoms with Gasteiger partial charge in [0.1, 0.15) is 5.60 Å². The van der Waals surface area contributed by atoms with Crippen LogP contribution in [0.3, 0.4) is 0 Å². The summed E-state index contributed by atoms with van der Waals surface area (Å²) in [6.45, 7) is 21.2. The zero-order valence-corrected chi connectivity index (χ0v) is 15.4. The first-order valence-electron chi connectivity index (χ1n) is 7.94. The van der Waals surface area contributed by atoms with Crippen molar-refractivity contribution in [3.8, 4) is 0 Å². The maximum absolute atomic E-state index is 12.9. The fourth-order valence-electron chi connectivity index (χ4n) is 2.16. The average Bonchev–Trinajstić information content (AvgIpc) is 2.26. The Balaban J connectivity index is 5.42. The topological polar surface area (TPSA) is 26.3 Å². The second-order valence-corrected chi connectivity index (χ2v) is 8.78. The minimum Gasteiger partial charge on any atom is -0.459 e. The molecule has 0 radical (unpaired) electrons. The molecule has 0 aromatic rings. The Morgan fingerprint density at radius 1 is 0.850 bits per heavy atom. The molecule has 1 unspecified atom stereocenters. The Morgan fingerprint density at radius 3 is 1.60 bits per heavy atom. The molecule has 0 heterocycles. The van der Waals surface area contributed by atoms with Gasteiger partial charge in [0.15, 0.2) is 0 Å². The summed E-state index contributed by atoms with van der Waals surface area (Å²) in [5.74, 6) is -0.0571. The van der Waals surface area contributed by atoms with Gasteiger partial charge < -0.3 is 4.74 Å². The largest absolute Gasteiger partial charge is 0.459 e. The van der Waals surface area contributed by atoms with Gasteiger partial charge in [0.2, 0.25) is 0 Å². The molecule has 0 saturated carbocycles. The second kappa shape index (κ2) is 6.07. The SMILES string of the molecule is CCC(C)(C)CC(C)(C(=O)OC(C)(C)CC)C(C)(C)C. The molecule has 2 heteroatoms. The van der Waals surface area contributed by atoms with E-state index < -0.39 is 5.41 Å². The van der Waals surface area contributed by atoms with Crippen LogP contribution in [-0.4, -0.2) is 11.6 Å². The number of carbonyl (C=O) groups is 1. The quantitative estimate of drug-likeness (QED) is 0.594. The van der Waals surface area contributed by atoms with Crippen LogP contribution in [0.1, 0.15) is 88.5 Å². The monoisotopic (exact) mass is 284 g/mol. The minimum absolute atomic E-state index is 0.0571. The summed E-state index contributed by atoms with van der Waals surface area (Å²) in [7, 11) is 0. The third-order valence-corrected chi connectivity index (χ3v) is 5.12. The van der Waals surface area contributed by atoms with Crippen molar-refractivity contribution in [3.63, 3.8) is 0 Å². The summed E-state index contributed by atoms with van der Waals surface area (Å²) >= 11 is 0. The summed E-state index contributed by atoms with van der Waals surface area (Å²) in [5, 5.41) is 0. The van der Waals surface area contributed by atoms with E-state index in [4.69, 9.17) is 4.74 Å². The van der Waals surface area contributed by atoms with E-state index in [0.29, 0.717) is 0 Å². The van der Waals surface area contributed by atoms with Crippen LogP contribution in [0, 0.1) is 16.2 Å². The fourth-order valence-corrected chi connectivity index (χ4v) is 2.16. The molecule has 0 amide bonds. The number of esters is 1. The van der Waals surface area contributed by atoms with Crippen molar-refractivity contribution in [1.29, 1.82) is 0 Å². The molecule has 0 fully saturated rings. The van der Waals surface area contributed by atoms with Crippen molar-refractivity contribution in [2.75, 3.05) is 0 Å². The van der Waals surface area contributed by atoms with Crippen molar-refractivity contribution in [2.24, 2.45) is 16.2 Å². The van der Waals surface area contributed by atoms with E-state index in [-0.39, 0.29) is 22.4 Å². The van der Waals surface area contributed by atoms with Gasteiger partial charge in [0.25, 0.3) is 0 Å². The van der Waals surface area contributed by atoms with Crippen molar-refractivity contribution in [2.45, 2.75) is 94.1 Å². The summed E-state index contributed by atoms with van der Waals surface area (Å²) in [4.78, 5) is 12.9. The number of rotatable bonds is 6. The van der Waals surface area contributed by atoms with E-state index in [1.54, 1.807) is 0 Å². The Labute approximate surface area is 126 Å². The van der Waals surface area contributed by atoms with Crippen molar-refractivity contribution >= 4 is 5.97 Å². The Bertz CT molecular complexity index is 334. The zero-order valence-electron chi connectivity index (χ0n) is 15.4. The van der Waals surface area contributed by atoms with Gasteiger partial charge in [-0.25, -0.2) is 0 Å². The highest BCUT2D eigenvalue weighted by Gasteiger charge is 2.49. The number of carbonyl (C=O) groups excluding carboxylic acids is 1. The lowest BCUT2D eigenvalue weighted by Gasteiger charge is -2.45. The van der Waals surface area contributed by atoms with Gasteiger partial charge in [-0.1, -0.05) is 54.9 Å². The van der Waals surface area contributed by atoms with Crippen LogP contribution in [0.5, 0.6) is 0 Å². The lowest BCUT2D eigenvalue weighted by molar-refractivity contribution is -0.178. The van der Waals surface area contributed by atoms with Gasteiger partial charge in [0.05, 0.1) is 5.41 Å². The van der Waals surface area contributed by atoms with Crippen LogP contribution >= 0.6 is 0 Å². The van der Waals surface area contributed by atoms with Crippen LogP contribution in [0.2, 0.25) is 0 Å². The molecule has 0 aliphatic rings. The van der Waals surface area contributed by atoms with Crippen molar-refractivity contribution in [3.05, 3.63) is 0 Å². The van der Waals surface area contributed by atoms with Gasteiger partial charge in [-0.15, -0.1) is 0 Å². The molecule has 0 aliphatic heterocycles. The molecular weight excluding hydrogens is 248 g/mol. The van der Waals surface area contributed by atoms with Crippen molar-refractivity contribution < 1.29 is 9.53 Å². The number of hydrogen-bond acceptors (Lipinski definition) is 2. The molecule has 0 spiro atoms. The zero-order chi connectivity index (χ0) is 16.4. The molecule has 1 atom stereocenters. The van der Waals surface area contributed by atoms with E-state index in [2.05, 4.69) is 55.4 Å². The molecule has 2 nitrogen and oxygen atoms in total. The first kappa shape index (κ1) is 19.5. The summed E-state index contributed by atoms with van der Waals surface area (Å²) in [5.41, 5.74) is -0.851. The average molecular weight is 284 g/mol. The third kappa shape index (κ3) is 4.79. The van der Waals surface area contributed by atoms with Gasteiger partial charge in [-0.3, -0.25) is 4.79 Å². The maximum Gasteiger partial charge on any atom is 0.312 e. The molecular formula is C18H36O2. The molecule has 0 saturated heterocycles. The van der Waals surface area contributed by atoms with E-state index >= 15 is 0 Å². The predicted octanol–water partition coefficient (Wildman–Crippen LogP) is 5.60. The van der Waals surface area contributed by atoms with Gasteiger partial charge in [-0.2, -0.15) is 0 Å². The normalized spacial score (nSPS) is 16.7. The van der Waals surface area contributed by atoms with E-state index in [1.165, 1.54) is 0 Å². The van der Waals surface area contributed by atoms with Crippen LogP contribution in [-0.2, 0) is 9.53 Å². The van der Waals surface area contributed by atoms with Crippen molar-refractivity contribution in [1.82, 2.24) is 0 Å². The van der Waals surface area contributed by atoms with Gasteiger partial charge in [0, 0.05) is 0 Å². The van der Waals surface area contributed by atoms with Crippen LogP contribution in [0.4, 0.5) is 0 Å². The van der Waals surface area contributed by atoms with Gasteiger partial charge in [-0.05, 0) is 44.4 Å². The first-order valence-corrected chi connectivity index (χ1v) is 7.94. The number of ether oxygens (including phenoxy) is 1. The Morgan fingerprint density at radius 2 is 1.30 bits per heavy atom. The lowest BCUT2D eigenvalue weighted by Crippen LogP contribution is -2.47. The molecule has 0 bridgehead atoms. The van der Waals surface area contributed by atoms with Crippen LogP contribution in [0.15, 0.2) is 0 Å². The minimum atomic E-state index is -0.473. The smallest absolute Gasteiger partial charge is 0.312 e. The second-order valence-electron chi connectivity index (χ2n) is 8.78. The maximum atomic E-state index is 12.9. The molecule has 0 aromatic heterocycles. The highest BCUT2D eigenvalue weighted by molar-refractivity contribution is 5.78. The predicted molar refractivity (Wildman–Crippen MR) is 86.7 cm³/mol. The first-order chi connectivity index (χ1) is 8.71. The Hall–Kier alpha value is -0.530. The molecule has 20 heavy (non-hydrogen) atoms. The van der Waals surface area contributed by atoms with E-state index in [1.807, 2.05) is 13.8 Å². The standard InChI is InChI=1S/C18H36O2/c1-11-16(6,7)13-18(10,15(3,4)5)14(19)20-17(8,9)12-2/h11-13H2,1-10H3. The van der Waals surface area contributed by atoms with Gasteiger partial charge >= 0.3 is 5.97 Å². The van der Waals surface area contributed by atoms with Crippen LogP contribution < -0.4 is 0 Å². The molecule has 0 rings (SSSR count). The highest BCUT2D eigenvalue weighted by atomic mass is 16.6. The van der Waals surface area contributed by atoms with E-state index in [9.17, 15) is 4.79 Å². The molecule has 0 aliphatic carbocycles. The van der Waals surface area contributed by atoms with E-state index in [0.717, 1.165) is 19.3 Å². The summed E-state index contributed by atoms with van der Waals surface area (Å²) in [6.07, 6.45) is 2.73. The summed E-state index contributed by atoms with van der Waals surface area (Å²) in [6, 6.07) is 0. The van der Waals surface area contributed by atoms with Crippen LogP contribution in [0.25, 0.3) is 0 Å². The molecule has 0 aromatic carbocycles. The lowest BCUT2D eigenvalue weighted by atomic mass is 9.60. The molecule has 0 N–H and O–H groups in total.